The summed E-state index contributed by atoms with van der Waals surface area (Å²) in [7, 11) is 3.56. The molecule has 1 aliphatic rings. The highest BCUT2D eigenvalue weighted by atomic mass is 32.2. The van der Waals surface area contributed by atoms with Crippen molar-refractivity contribution in [3.63, 3.8) is 0 Å². The van der Waals surface area contributed by atoms with Crippen molar-refractivity contribution in [3.05, 3.63) is 35.9 Å². The Labute approximate surface area is 170 Å². The molecule has 1 unspecified atom stereocenters. The van der Waals surface area contributed by atoms with Gasteiger partial charge in [0.2, 0.25) is 5.91 Å². The summed E-state index contributed by atoms with van der Waals surface area (Å²) in [5, 5.41) is 12.1. The van der Waals surface area contributed by atoms with Gasteiger partial charge in [-0.1, -0.05) is 35.5 Å². The van der Waals surface area contributed by atoms with Crippen molar-refractivity contribution in [1.82, 2.24) is 20.1 Å². The van der Waals surface area contributed by atoms with Gasteiger partial charge in [0, 0.05) is 19.2 Å². The van der Waals surface area contributed by atoms with Gasteiger partial charge in [0.25, 0.3) is 0 Å². The second-order valence-corrected chi connectivity index (χ2v) is 8.31. The molecule has 6 nitrogen and oxygen atoms in total. The third-order valence-corrected chi connectivity index (χ3v) is 6.08. The van der Waals surface area contributed by atoms with Crippen LogP contribution in [0.1, 0.15) is 39.0 Å². The third kappa shape index (κ3) is 5.16. The first-order valence-electron chi connectivity index (χ1n) is 9.74. The lowest BCUT2D eigenvalue weighted by Crippen LogP contribution is -2.32. The second-order valence-electron chi connectivity index (χ2n) is 7.01. The van der Waals surface area contributed by atoms with Crippen LogP contribution in [0.25, 0.3) is 11.4 Å². The number of amides is 1. The van der Waals surface area contributed by atoms with E-state index in [9.17, 15) is 4.79 Å². The van der Waals surface area contributed by atoms with Crippen LogP contribution >= 0.6 is 11.8 Å². The Morgan fingerprint density at radius 3 is 2.96 bits per heavy atom. The predicted octanol–water partition coefficient (Wildman–Crippen LogP) is 3.98. The van der Waals surface area contributed by atoms with Crippen LogP contribution in [0.5, 0.6) is 5.75 Å². The summed E-state index contributed by atoms with van der Waals surface area (Å²) in [4.78, 5) is 12.4. The number of aromatic nitrogens is 3. The second kappa shape index (κ2) is 9.78. The summed E-state index contributed by atoms with van der Waals surface area (Å²) >= 11 is 1.42. The van der Waals surface area contributed by atoms with Crippen LogP contribution in [0.4, 0.5) is 0 Å². The normalized spacial score (nSPS) is 15.0. The molecule has 0 saturated carbocycles. The van der Waals surface area contributed by atoms with Gasteiger partial charge in [-0.3, -0.25) is 4.79 Å². The Morgan fingerprint density at radius 2 is 2.21 bits per heavy atom. The molecule has 0 radical (unpaired) electrons. The molecule has 1 atom stereocenters. The molecule has 0 aliphatic heterocycles. The largest absolute Gasteiger partial charge is 0.497 e. The highest BCUT2D eigenvalue weighted by Crippen LogP contribution is 2.27. The lowest BCUT2D eigenvalue weighted by Gasteiger charge is -2.14. The van der Waals surface area contributed by atoms with Gasteiger partial charge < -0.3 is 14.6 Å². The Balaban J connectivity index is 1.56. The lowest BCUT2D eigenvalue weighted by molar-refractivity contribution is -0.120. The molecule has 1 N–H and O–H groups in total. The zero-order chi connectivity index (χ0) is 19.9. The Kier molecular flexibility index (Phi) is 7.14. The Bertz CT molecular complexity index is 847. The first-order chi connectivity index (χ1) is 13.6. The van der Waals surface area contributed by atoms with E-state index in [0.29, 0.717) is 6.54 Å². The highest BCUT2D eigenvalue weighted by Gasteiger charge is 2.19. The fourth-order valence-corrected chi connectivity index (χ4v) is 4.10. The number of nitrogens with one attached hydrogen (secondary N) is 1. The minimum Gasteiger partial charge on any atom is -0.497 e. The number of hydrogen-bond donors (Lipinski definition) is 1. The number of carbonyl (C=O) groups excluding carboxylic acids is 1. The fourth-order valence-electron chi connectivity index (χ4n) is 3.26. The summed E-state index contributed by atoms with van der Waals surface area (Å²) in [6.07, 6.45) is 8.19. The monoisotopic (exact) mass is 400 g/mol. The van der Waals surface area contributed by atoms with E-state index < -0.39 is 0 Å². The van der Waals surface area contributed by atoms with Gasteiger partial charge in [0.05, 0.1) is 12.4 Å². The van der Waals surface area contributed by atoms with Gasteiger partial charge >= 0.3 is 0 Å². The molecule has 0 saturated heterocycles. The van der Waals surface area contributed by atoms with Crippen molar-refractivity contribution < 1.29 is 9.53 Å². The van der Waals surface area contributed by atoms with E-state index >= 15 is 0 Å². The van der Waals surface area contributed by atoms with E-state index in [1.54, 1.807) is 7.11 Å². The molecule has 150 valence electrons. The Morgan fingerprint density at radius 1 is 1.36 bits per heavy atom. The summed E-state index contributed by atoms with van der Waals surface area (Å²) in [5.74, 6) is 1.56. The maximum Gasteiger partial charge on any atom is 0.233 e. The van der Waals surface area contributed by atoms with Crippen molar-refractivity contribution in [1.29, 1.82) is 0 Å². The molecule has 0 spiro atoms. The molecule has 3 rings (SSSR count). The zero-order valence-corrected chi connectivity index (χ0v) is 17.6. The van der Waals surface area contributed by atoms with Gasteiger partial charge in [-0.2, -0.15) is 0 Å². The number of ether oxygens (including phenoxy) is 1. The number of benzene rings is 1. The van der Waals surface area contributed by atoms with Gasteiger partial charge in [-0.25, -0.2) is 0 Å². The van der Waals surface area contributed by atoms with Crippen molar-refractivity contribution in [2.45, 2.75) is 49.4 Å². The summed E-state index contributed by atoms with van der Waals surface area (Å²) in [5.41, 5.74) is 2.40. The van der Waals surface area contributed by atoms with Crippen LogP contribution in [0, 0.1) is 0 Å². The standard InChI is InChI=1S/C21H28N4O2S/c1-15(20(26)22-13-12-16-8-5-4-6-9-16)28-21-24-23-19(25(21)2)17-10-7-11-18(14-17)27-3/h7-8,10-11,14-15H,4-6,9,12-13H2,1-3H3,(H,22,26). The van der Waals surface area contributed by atoms with Crippen molar-refractivity contribution in [3.8, 4) is 17.1 Å². The lowest BCUT2D eigenvalue weighted by atomic mass is 9.97. The number of hydrogen-bond acceptors (Lipinski definition) is 5. The van der Waals surface area contributed by atoms with Gasteiger partial charge in [-0.05, 0) is 51.2 Å². The number of carbonyl (C=O) groups is 1. The van der Waals surface area contributed by atoms with Crippen LogP contribution < -0.4 is 10.1 Å². The molecular formula is C21H28N4O2S. The average molecular weight is 401 g/mol. The molecule has 1 aromatic heterocycles. The predicted molar refractivity (Wildman–Crippen MR) is 112 cm³/mol. The Hall–Kier alpha value is -2.28. The van der Waals surface area contributed by atoms with E-state index in [2.05, 4.69) is 21.6 Å². The topological polar surface area (TPSA) is 69.0 Å². The van der Waals surface area contributed by atoms with E-state index in [1.807, 2.05) is 42.8 Å². The van der Waals surface area contributed by atoms with Crippen molar-refractivity contribution in [2.75, 3.05) is 13.7 Å². The van der Waals surface area contributed by atoms with E-state index in [4.69, 9.17) is 4.74 Å². The van der Waals surface area contributed by atoms with Crippen LogP contribution in [0.2, 0.25) is 0 Å². The maximum atomic E-state index is 12.4. The van der Waals surface area contributed by atoms with Crippen molar-refractivity contribution >= 4 is 17.7 Å². The first kappa shape index (κ1) is 20.5. The number of allylic oxidation sites excluding steroid dienone is 1. The molecule has 0 fully saturated rings. The smallest absolute Gasteiger partial charge is 0.233 e. The maximum absolute atomic E-state index is 12.4. The average Bonchev–Trinajstić information content (AvgIpc) is 3.09. The molecule has 1 aliphatic carbocycles. The number of methoxy groups -OCH3 is 1. The molecule has 1 heterocycles. The zero-order valence-electron chi connectivity index (χ0n) is 16.8. The van der Waals surface area contributed by atoms with Crippen LogP contribution in [-0.4, -0.2) is 39.6 Å². The van der Waals surface area contributed by atoms with E-state index in [1.165, 1.54) is 43.0 Å². The minimum atomic E-state index is -0.235. The molecular weight excluding hydrogens is 372 g/mol. The molecule has 2 aromatic rings. The highest BCUT2D eigenvalue weighted by molar-refractivity contribution is 8.00. The fraction of sp³-hybridized carbons (Fsp3) is 0.476. The summed E-state index contributed by atoms with van der Waals surface area (Å²) in [6.45, 7) is 2.60. The molecule has 1 aromatic carbocycles. The van der Waals surface area contributed by atoms with Crippen molar-refractivity contribution in [2.24, 2.45) is 7.05 Å². The molecule has 0 bridgehead atoms. The van der Waals surface area contributed by atoms with E-state index in [0.717, 1.165) is 28.7 Å². The molecule has 1 amide bonds. The number of rotatable bonds is 8. The van der Waals surface area contributed by atoms with Gasteiger partial charge in [-0.15, -0.1) is 10.2 Å². The van der Waals surface area contributed by atoms with Gasteiger partial charge in [0.1, 0.15) is 5.75 Å². The van der Waals surface area contributed by atoms with Crippen LogP contribution in [-0.2, 0) is 11.8 Å². The molecule has 28 heavy (non-hydrogen) atoms. The first-order valence-corrected chi connectivity index (χ1v) is 10.6. The van der Waals surface area contributed by atoms with Crippen LogP contribution in [0.15, 0.2) is 41.1 Å². The molecule has 7 heteroatoms. The quantitative estimate of drug-likeness (QED) is 0.536. The number of thioether (sulfide) groups is 1. The van der Waals surface area contributed by atoms with Crippen LogP contribution in [0.3, 0.4) is 0 Å². The van der Waals surface area contributed by atoms with Gasteiger partial charge in [0.15, 0.2) is 11.0 Å². The SMILES string of the molecule is COc1cccc(-c2nnc(SC(C)C(=O)NCCC3=CCCCC3)n2C)c1. The summed E-state index contributed by atoms with van der Waals surface area (Å²) in [6, 6.07) is 7.71. The minimum absolute atomic E-state index is 0.0346. The number of nitrogens with zero attached hydrogens (tertiary/aromatic N) is 3. The third-order valence-electron chi connectivity index (χ3n) is 4.94. The summed E-state index contributed by atoms with van der Waals surface area (Å²) < 4.78 is 7.19. The van der Waals surface area contributed by atoms with E-state index in [-0.39, 0.29) is 11.2 Å².